The van der Waals surface area contributed by atoms with Crippen LogP contribution in [0.25, 0.3) is 0 Å². The van der Waals surface area contributed by atoms with Crippen molar-refractivity contribution in [3.05, 3.63) is 21.9 Å². The number of hydrogen-bond donors (Lipinski definition) is 0. The van der Waals surface area contributed by atoms with Crippen LogP contribution in [0, 0.1) is 6.92 Å². The molecule has 66 valence electrons. The van der Waals surface area contributed by atoms with Crippen LogP contribution in [0.3, 0.4) is 0 Å². The SMILES string of the molecule is COC(=O)C(C)c1ccc(C)s1. The summed E-state index contributed by atoms with van der Waals surface area (Å²) in [6.07, 6.45) is 0. The molecular formula is C9H12O2S. The fourth-order valence-corrected chi connectivity index (χ4v) is 1.90. The molecule has 1 atom stereocenters. The topological polar surface area (TPSA) is 26.3 Å². The average Bonchev–Trinajstić information content (AvgIpc) is 2.49. The predicted molar refractivity (Wildman–Crippen MR) is 49.5 cm³/mol. The maximum Gasteiger partial charge on any atom is 0.313 e. The van der Waals surface area contributed by atoms with Gasteiger partial charge in [-0.25, -0.2) is 0 Å². The first-order chi connectivity index (χ1) is 5.65. The van der Waals surface area contributed by atoms with Gasteiger partial charge in [0, 0.05) is 9.75 Å². The van der Waals surface area contributed by atoms with Crippen molar-refractivity contribution in [2.45, 2.75) is 19.8 Å². The summed E-state index contributed by atoms with van der Waals surface area (Å²) in [5.74, 6) is -0.300. The van der Waals surface area contributed by atoms with Crippen LogP contribution < -0.4 is 0 Å². The summed E-state index contributed by atoms with van der Waals surface area (Å²) in [7, 11) is 1.42. The van der Waals surface area contributed by atoms with Crippen molar-refractivity contribution in [1.29, 1.82) is 0 Å². The van der Waals surface area contributed by atoms with E-state index in [2.05, 4.69) is 4.74 Å². The molecular weight excluding hydrogens is 172 g/mol. The zero-order valence-electron chi connectivity index (χ0n) is 7.46. The average molecular weight is 184 g/mol. The van der Waals surface area contributed by atoms with Gasteiger partial charge in [0.05, 0.1) is 13.0 Å². The van der Waals surface area contributed by atoms with E-state index >= 15 is 0 Å². The molecule has 0 spiro atoms. The first-order valence-electron chi connectivity index (χ1n) is 3.79. The van der Waals surface area contributed by atoms with Crippen molar-refractivity contribution in [1.82, 2.24) is 0 Å². The number of thiophene rings is 1. The van der Waals surface area contributed by atoms with Crippen LogP contribution in [-0.4, -0.2) is 13.1 Å². The molecule has 2 nitrogen and oxygen atoms in total. The summed E-state index contributed by atoms with van der Waals surface area (Å²) >= 11 is 1.64. The number of ether oxygens (including phenoxy) is 1. The van der Waals surface area contributed by atoms with Crippen LogP contribution >= 0.6 is 11.3 Å². The van der Waals surface area contributed by atoms with Crippen LogP contribution in [0.15, 0.2) is 12.1 Å². The number of methoxy groups -OCH3 is 1. The highest BCUT2D eigenvalue weighted by Gasteiger charge is 2.16. The van der Waals surface area contributed by atoms with Crippen molar-refractivity contribution in [3.63, 3.8) is 0 Å². The highest BCUT2D eigenvalue weighted by molar-refractivity contribution is 7.12. The highest BCUT2D eigenvalue weighted by Crippen LogP contribution is 2.24. The van der Waals surface area contributed by atoms with Crippen molar-refractivity contribution in [2.24, 2.45) is 0 Å². The minimum Gasteiger partial charge on any atom is -0.469 e. The summed E-state index contributed by atoms with van der Waals surface area (Å²) in [6.45, 7) is 3.88. The van der Waals surface area contributed by atoms with Gasteiger partial charge >= 0.3 is 5.97 Å². The van der Waals surface area contributed by atoms with Gasteiger partial charge in [-0.3, -0.25) is 4.79 Å². The van der Waals surface area contributed by atoms with Gasteiger partial charge in [0.2, 0.25) is 0 Å². The fraction of sp³-hybridized carbons (Fsp3) is 0.444. The fourth-order valence-electron chi connectivity index (χ4n) is 0.979. The number of carbonyl (C=O) groups is 1. The molecule has 1 aromatic heterocycles. The minimum atomic E-state index is -0.170. The van der Waals surface area contributed by atoms with Crippen LogP contribution in [0.2, 0.25) is 0 Å². The largest absolute Gasteiger partial charge is 0.469 e. The highest BCUT2D eigenvalue weighted by atomic mass is 32.1. The van der Waals surface area contributed by atoms with Gasteiger partial charge in [0.15, 0.2) is 0 Å². The van der Waals surface area contributed by atoms with Crippen LogP contribution in [0.1, 0.15) is 22.6 Å². The molecule has 12 heavy (non-hydrogen) atoms. The molecule has 3 heteroatoms. The summed E-state index contributed by atoms with van der Waals surface area (Å²) in [5.41, 5.74) is 0. The third-order valence-electron chi connectivity index (χ3n) is 1.74. The Labute approximate surface area is 76.2 Å². The Hall–Kier alpha value is -0.830. The molecule has 1 rings (SSSR count). The van der Waals surface area contributed by atoms with Crippen LogP contribution in [-0.2, 0) is 9.53 Å². The lowest BCUT2D eigenvalue weighted by Gasteiger charge is -2.05. The van der Waals surface area contributed by atoms with E-state index < -0.39 is 0 Å². The van der Waals surface area contributed by atoms with Gasteiger partial charge in [0.25, 0.3) is 0 Å². The van der Waals surface area contributed by atoms with Crippen molar-refractivity contribution >= 4 is 17.3 Å². The lowest BCUT2D eigenvalue weighted by atomic mass is 10.1. The van der Waals surface area contributed by atoms with Gasteiger partial charge in [-0.2, -0.15) is 0 Å². The maximum atomic E-state index is 11.1. The van der Waals surface area contributed by atoms with E-state index in [9.17, 15) is 4.79 Å². The zero-order chi connectivity index (χ0) is 9.14. The first-order valence-corrected chi connectivity index (χ1v) is 4.61. The number of hydrogen-bond acceptors (Lipinski definition) is 3. The summed E-state index contributed by atoms with van der Waals surface area (Å²) in [6, 6.07) is 3.99. The maximum absolute atomic E-state index is 11.1. The van der Waals surface area contributed by atoms with Crippen LogP contribution in [0.4, 0.5) is 0 Å². The second-order valence-electron chi connectivity index (χ2n) is 2.69. The molecule has 0 radical (unpaired) electrons. The smallest absolute Gasteiger partial charge is 0.313 e. The Morgan fingerprint density at radius 2 is 2.25 bits per heavy atom. The minimum absolute atomic E-state index is 0.131. The van der Waals surface area contributed by atoms with Crippen molar-refractivity contribution in [3.8, 4) is 0 Å². The molecule has 0 saturated carbocycles. The molecule has 1 unspecified atom stereocenters. The molecule has 0 N–H and O–H groups in total. The molecule has 1 heterocycles. The van der Waals surface area contributed by atoms with E-state index in [0.717, 1.165) is 4.88 Å². The molecule has 0 aliphatic carbocycles. The number of esters is 1. The molecule has 0 saturated heterocycles. The summed E-state index contributed by atoms with van der Waals surface area (Å²) < 4.78 is 4.64. The van der Waals surface area contributed by atoms with E-state index in [0.29, 0.717) is 0 Å². The molecule has 1 aromatic rings. The molecule has 0 aliphatic rings. The van der Waals surface area contributed by atoms with Crippen molar-refractivity contribution < 1.29 is 9.53 Å². The summed E-state index contributed by atoms with van der Waals surface area (Å²) in [5, 5.41) is 0. The predicted octanol–water partition coefficient (Wildman–Crippen LogP) is 2.33. The van der Waals surface area contributed by atoms with Crippen LogP contribution in [0.5, 0.6) is 0 Å². The lowest BCUT2D eigenvalue weighted by molar-refractivity contribution is -0.141. The number of carbonyl (C=O) groups excluding carboxylic acids is 1. The van der Waals surface area contributed by atoms with Gasteiger partial charge in [-0.05, 0) is 26.0 Å². The molecule has 0 aromatic carbocycles. The van der Waals surface area contributed by atoms with Gasteiger partial charge in [-0.1, -0.05) is 0 Å². The monoisotopic (exact) mass is 184 g/mol. The zero-order valence-corrected chi connectivity index (χ0v) is 8.27. The van der Waals surface area contributed by atoms with Gasteiger partial charge < -0.3 is 4.74 Å². The van der Waals surface area contributed by atoms with E-state index in [4.69, 9.17) is 0 Å². The first kappa shape index (κ1) is 9.26. The van der Waals surface area contributed by atoms with Gasteiger partial charge in [0.1, 0.15) is 0 Å². The van der Waals surface area contributed by atoms with Gasteiger partial charge in [-0.15, -0.1) is 11.3 Å². The van der Waals surface area contributed by atoms with E-state index in [1.807, 2.05) is 26.0 Å². The Morgan fingerprint density at radius 3 is 2.67 bits per heavy atom. The van der Waals surface area contributed by atoms with Crippen molar-refractivity contribution in [2.75, 3.05) is 7.11 Å². The normalized spacial score (nSPS) is 12.6. The molecule has 0 amide bonds. The van der Waals surface area contributed by atoms with E-state index in [-0.39, 0.29) is 11.9 Å². The number of rotatable bonds is 2. The number of aryl methyl sites for hydroxylation is 1. The lowest BCUT2D eigenvalue weighted by Crippen LogP contribution is -2.09. The quantitative estimate of drug-likeness (QED) is 0.659. The Balaban J connectivity index is 2.77. The third-order valence-corrected chi connectivity index (χ3v) is 2.93. The van der Waals surface area contributed by atoms with E-state index in [1.54, 1.807) is 11.3 Å². The molecule has 0 aliphatic heterocycles. The Kier molecular flexibility index (Phi) is 2.87. The van der Waals surface area contributed by atoms with E-state index in [1.165, 1.54) is 12.0 Å². The standard InChI is InChI=1S/C9H12O2S/c1-6-4-5-8(12-6)7(2)9(10)11-3/h4-5,7H,1-3H3. The second kappa shape index (κ2) is 3.72. The third kappa shape index (κ3) is 1.85. The Morgan fingerprint density at radius 1 is 1.58 bits per heavy atom. The molecule has 0 fully saturated rings. The molecule has 0 bridgehead atoms. The summed E-state index contributed by atoms with van der Waals surface area (Å²) in [4.78, 5) is 13.4. The second-order valence-corrected chi connectivity index (χ2v) is 4.01. The Bertz CT molecular complexity index is 278.